The van der Waals surface area contributed by atoms with Gasteiger partial charge in [-0.3, -0.25) is 9.59 Å². The predicted molar refractivity (Wildman–Crippen MR) is 65.8 cm³/mol. The third kappa shape index (κ3) is 14.6. The number of carboxylic acid groups (broad SMARTS) is 1. The van der Waals surface area contributed by atoms with Crippen LogP contribution in [0.1, 0.15) is 51.9 Å². The Bertz CT molecular complexity index is 198. The summed E-state index contributed by atoms with van der Waals surface area (Å²) in [5.41, 5.74) is 0. The second kappa shape index (κ2) is 13.6. The van der Waals surface area contributed by atoms with Crippen LogP contribution in [0.4, 0.5) is 0 Å². The summed E-state index contributed by atoms with van der Waals surface area (Å²) in [6.45, 7) is 1.90. The molecule has 5 heteroatoms. The van der Waals surface area contributed by atoms with Gasteiger partial charge in [-0.1, -0.05) is 39.0 Å². The Morgan fingerprint density at radius 1 is 1.06 bits per heavy atom. The van der Waals surface area contributed by atoms with Crippen molar-refractivity contribution < 1.29 is 14.7 Å². The first kappa shape index (κ1) is 18.9. The number of hydrogen-bond donors (Lipinski definition) is 2. The van der Waals surface area contributed by atoms with Crippen molar-refractivity contribution in [3.63, 3.8) is 0 Å². The van der Waals surface area contributed by atoms with Gasteiger partial charge in [0.05, 0.1) is 0 Å². The molecule has 0 rings (SSSR count). The van der Waals surface area contributed by atoms with Crippen molar-refractivity contribution in [1.82, 2.24) is 5.32 Å². The van der Waals surface area contributed by atoms with Crippen molar-refractivity contribution in [3.05, 3.63) is 0 Å². The molecule has 0 heterocycles. The number of carbonyl (C=O) groups is 2. The second-order valence-corrected chi connectivity index (χ2v) is 3.69. The van der Waals surface area contributed by atoms with Crippen LogP contribution in [0.15, 0.2) is 0 Å². The molecule has 0 saturated carbocycles. The number of carboxylic acids is 1. The molecular weight excluding hydrogens is 233 g/mol. The molecule has 0 aromatic carbocycles. The number of unbranched alkanes of at least 4 members (excludes halogenated alkanes) is 5. The van der Waals surface area contributed by atoms with Crippen molar-refractivity contribution in [2.24, 2.45) is 0 Å². The van der Waals surface area contributed by atoms with Crippen LogP contribution < -0.4 is 5.32 Å². The molecule has 16 heavy (non-hydrogen) atoms. The van der Waals surface area contributed by atoms with Gasteiger partial charge in [0, 0.05) is 6.42 Å². The van der Waals surface area contributed by atoms with E-state index in [-0.39, 0.29) is 63.8 Å². The third-order valence-corrected chi connectivity index (χ3v) is 2.19. The predicted octanol–water partition coefficient (Wildman–Crippen LogP) is 1.29. The van der Waals surface area contributed by atoms with Crippen molar-refractivity contribution in [1.29, 1.82) is 0 Å². The van der Waals surface area contributed by atoms with E-state index in [9.17, 15) is 9.59 Å². The van der Waals surface area contributed by atoms with Crippen LogP contribution in [-0.4, -0.2) is 74.9 Å². The molecule has 0 saturated heterocycles. The van der Waals surface area contributed by atoms with Gasteiger partial charge >= 0.3 is 57.4 Å². The summed E-state index contributed by atoms with van der Waals surface area (Å²) in [6, 6.07) is 0. The fraction of sp³-hybridized carbons (Fsp3) is 0.818. The van der Waals surface area contributed by atoms with Crippen LogP contribution in [-0.2, 0) is 9.59 Å². The van der Waals surface area contributed by atoms with E-state index in [0.29, 0.717) is 6.42 Å². The van der Waals surface area contributed by atoms with Crippen LogP contribution in [0, 0.1) is 0 Å². The molecule has 1 amide bonds. The van der Waals surface area contributed by atoms with E-state index in [0.717, 1.165) is 12.8 Å². The SMILES string of the molecule is CCCCCCCCC(=O)NCC(=O)O.[KH]. The van der Waals surface area contributed by atoms with Gasteiger partial charge in [-0.25, -0.2) is 0 Å². The summed E-state index contributed by atoms with van der Waals surface area (Å²) in [5.74, 6) is -1.15. The van der Waals surface area contributed by atoms with Crippen LogP contribution >= 0.6 is 0 Å². The Hall–Kier alpha value is 0.576. The molecule has 0 unspecified atom stereocenters. The Morgan fingerprint density at radius 3 is 2.19 bits per heavy atom. The van der Waals surface area contributed by atoms with Gasteiger partial charge in [0.2, 0.25) is 5.91 Å². The van der Waals surface area contributed by atoms with Crippen LogP contribution in [0.3, 0.4) is 0 Å². The average molecular weight is 255 g/mol. The average Bonchev–Trinajstić information content (AvgIpc) is 2.20. The molecule has 0 spiro atoms. The van der Waals surface area contributed by atoms with Gasteiger partial charge in [-0.2, -0.15) is 0 Å². The molecule has 0 aromatic heterocycles. The van der Waals surface area contributed by atoms with Crippen molar-refractivity contribution >= 4 is 63.3 Å². The van der Waals surface area contributed by atoms with Gasteiger partial charge in [0.1, 0.15) is 6.54 Å². The molecule has 0 aliphatic heterocycles. The van der Waals surface area contributed by atoms with Gasteiger partial charge < -0.3 is 10.4 Å². The molecule has 0 radical (unpaired) electrons. The summed E-state index contributed by atoms with van der Waals surface area (Å²) in [5, 5.41) is 10.7. The van der Waals surface area contributed by atoms with E-state index < -0.39 is 5.97 Å². The summed E-state index contributed by atoms with van der Waals surface area (Å²) in [7, 11) is 0. The minimum atomic E-state index is -0.994. The van der Waals surface area contributed by atoms with E-state index in [4.69, 9.17) is 5.11 Å². The first-order valence-corrected chi connectivity index (χ1v) is 5.65. The van der Waals surface area contributed by atoms with E-state index in [1.54, 1.807) is 0 Å². The molecule has 2 N–H and O–H groups in total. The molecule has 90 valence electrons. The van der Waals surface area contributed by atoms with E-state index in [2.05, 4.69) is 12.2 Å². The monoisotopic (exact) mass is 255 g/mol. The zero-order valence-electron chi connectivity index (χ0n) is 9.42. The van der Waals surface area contributed by atoms with Crippen LogP contribution in [0.5, 0.6) is 0 Å². The summed E-state index contributed by atoms with van der Waals surface area (Å²) in [4.78, 5) is 21.2. The Morgan fingerprint density at radius 2 is 1.62 bits per heavy atom. The number of rotatable bonds is 9. The normalized spacial score (nSPS) is 9.31. The Labute approximate surface area is 140 Å². The minimum absolute atomic E-state index is 0. The molecule has 4 nitrogen and oxygen atoms in total. The molecular formula is C11H22KNO3. The van der Waals surface area contributed by atoms with Crippen molar-refractivity contribution in [2.75, 3.05) is 6.54 Å². The van der Waals surface area contributed by atoms with E-state index in [1.807, 2.05) is 0 Å². The standard InChI is InChI=1S/C11H21NO3.K.H/c1-2-3-4-5-6-7-8-10(13)12-9-11(14)15;;/h2-9H2,1H3,(H,12,13)(H,14,15);;. The van der Waals surface area contributed by atoms with Gasteiger partial charge in [0.15, 0.2) is 0 Å². The number of nitrogens with one attached hydrogen (secondary N) is 1. The molecule has 0 aliphatic rings. The summed E-state index contributed by atoms with van der Waals surface area (Å²) >= 11 is 0. The van der Waals surface area contributed by atoms with Crippen molar-refractivity contribution in [2.45, 2.75) is 51.9 Å². The topological polar surface area (TPSA) is 66.4 Å². The third-order valence-electron chi connectivity index (χ3n) is 2.19. The maximum atomic E-state index is 11.1. The number of hydrogen-bond acceptors (Lipinski definition) is 2. The molecule has 0 atom stereocenters. The van der Waals surface area contributed by atoms with Gasteiger partial charge in [0.25, 0.3) is 0 Å². The quantitative estimate of drug-likeness (QED) is 0.482. The van der Waals surface area contributed by atoms with Gasteiger partial charge in [-0.05, 0) is 6.42 Å². The first-order chi connectivity index (χ1) is 7.16. The number of carbonyl (C=O) groups excluding carboxylic acids is 1. The molecule has 0 aromatic rings. The zero-order valence-corrected chi connectivity index (χ0v) is 9.42. The van der Waals surface area contributed by atoms with Crippen LogP contribution in [0.2, 0.25) is 0 Å². The van der Waals surface area contributed by atoms with Gasteiger partial charge in [-0.15, -0.1) is 0 Å². The number of amides is 1. The molecule has 0 aliphatic carbocycles. The summed E-state index contributed by atoms with van der Waals surface area (Å²) in [6.07, 6.45) is 7.23. The van der Waals surface area contributed by atoms with Crippen LogP contribution in [0.25, 0.3) is 0 Å². The molecule has 0 bridgehead atoms. The fourth-order valence-electron chi connectivity index (χ4n) is 1.33. The second-order valence-electron chi connectivity index (χ2n) is 3.69. The zero-order chi connectivity index (χ0) is 11.5. The van der Waals surface area contributed by atoms with E-state index >= 15 is 0 Å². The van der Waals surface area contributed by atoms with Crippen molar-refractivity contribution in [3.8, 4) is 0 Å². The molecule has 0 fully saturated rings. The maximum absolute atomic E-state index is 11.1. The Balaban J connectivity index is 0. The fourth-order valence-corrected chi connectivity index (χ4v) is 1.33. The first-order valence-electron chi connectivity index (χ1n) is 5.65. The summed E-state index contributed by atoms with van der Waals surface area (Å²) < 4.78 is 0. The Kier molecular flexibility index (Phi) is 16.1. The number of aliphatic carboxylic acids is 1. The van der Waals surface area contributed by atoms with E-state index in [1.165, 1.54) is 25.7 Å².